The molecular weight excluding hydrogens is 234 g/mol. The molecule has 2 nitrogen and oxygen atoms in total. The molecule has 1 fully saturated rings. The Morgan fingerprint density at radius 2 is 1.84 bits per heavy atom. The van der Waals surface area contributed by atoms with Crippen molar-refractivity contribution in [1.82, 2.24) is 4.90 Å². The third kappa shape index (κ3) is 5.43. The molecule has 19 heavy (non-hydrogen) atoms. The van der Waals surface area contributed by atoms with Gasteiger partial charge in [0.15, 0.2) is 0 Å². The van der Waals surface area contributed by atoms with Gasteiger partial charge in [-0.15, -0.1) is 0 Å². The maximum atomic E-state index is 10.3. The molecule has 1 aliphatic carbocycles. The van der Waals surface area contributed by atoms with Crippen LogP contribution < -0.4 is 0 Å². The largest absolute Gasteiger partial charge is 0.393 e. The van der Waals surface area contributed by atoms with Crippen molar-refractivity contribution in [1.29, 1.82) is 0 Å². The molecule has 0 amide bonds. The van der Waals surface area contributed by atoms with E-state index in [1.54, 1.807) is 0 Å². The minimum absolute atomic E-state index is 0.0798. The molecule has 0 radical (unpaired) electrons. The van der Waals surface area contributed by atoms with E-state index in [1.807, 2.05) is 0 Å². The highest BCUT2D eigenvalue weighted by Crippen LogP contribution is 2.39. The van der Waals surface area contributed by atoms with Crippen molar-refractivity contribution in [3.8, 4) is 0 Å². The molecule has 1 aliphatic rings. The first-order valence-electron chi connectivity index (χ1n) is 8.32. The predicted molar refractivity (Wildman–Crippen MR) is 83.3 cm³/mol. The van der Waals surface area contributed by atoms with Gasteiger partial charge in [0, 0.05) is 13.1 Å². The van der Waals surface area contributed by atoms with E-state index in [0.717, 1.165) is 25.4 Å². The highest BCUT2D eigenvalue weighted by atomic mass is 16.3. The van der Waals surface area contributed by atoms with Crippen LogP contribution in [-0.2, 0) is 0 Å². The number of rotatable bonds is 7. The quantitative estimate of drug-likeness (QED) is 0.757. The van der Waals surface area contributed by atoms with Crippen LogP contribution in [0.3, 0.4) is 0 Å². The lowest BCUT2D eigenvalue weighted by atomic mass is 9.70. The summed E-state index contributed by atoms with van der Waals surface area (Å²) in [5, 5.41) is 10.3. The SMILES string of the molecule is CCC(CC)CN(CC)CC1CC(C)(C)CCC1O. The molecule has 0 aromatic rings. The summed E-state index contributed by atoms with van der Waals surface area (Å²) in [7, 11) is 0. The van der Waals surface area contributed by atoms with Gasteiger partial charge in [-0.05, 0) is 43.1 Å². The molecule has 0 spiro atoms. The van der Waals surface area contributed by atoms with Crippen molar-refractivity contribution in [3.05, 3.63) is 0 Å². The molecule has 0 aliphatic heterocycles. The second kappa shape index (κ2) is 7.64. The second-order valence-corrected chi connectivity index (χ2v) is 7.27. The van der Waals surface area contributed by atoms with Gasteiger partial charge in [-0.2, -0.15) is 0 Å². The van der Waals surface area contributed by atoms with E-state index in [-0.39, 0.29) is 6.10 Å². The van der Waals surface area contributed by atoms with Gasteiger partial charge in [0.05, 0.1) is 6.10 Å². The molecule has 0 saturated heterocycles. The first kappa shape index (κ1) is 17.0. The zero-order valence-corrected chi connectivity index (χ0v) is 13.8. The molecular formula is C17H35NO. The summed E-state index contributed by atoms with van der Waals surface area (Å²) >= 11 is 0. The summed E-state index contributed by atoms with van der Waals surface area (Å²) < 4.78 is 0. The van der Waals surface area contributed by atoms with E-state index in [9.17, 15) is 5.11 Å². The van der Waals surface area contributed by atoms with Crippen molar-refractivity contribution in [2.75, 3.05) is 19.6 Å². The molecule has 0 aromatic heterocycles. The molecule has 0 heterocycles. The number of hydrogen-bond acceptors (Lipinski definition) is 2. The number of aliphatic hydroxyl groups excluding tert-OH is 1. The Bertz CT molecular complexity index is 248. The summed E-state index contributed by atoms with van der Waals surface area (Å²) in [5.41, 5.74) is 0.415. The molecule has 114 valence electrons. The van der Waals surface area contributed by atoms with Crippen molar-refractivity contribution < 1.29 is 5.11 Å². The van der Waals surface area contributed by atoms with Gasteiger partial charge in [-0.3, -0.25) is 0 Å². The van der Waals surface area contributed by atoms with Crippen LogP contribution in [0, 0.1) is 17.3 Å². The highest BCUT2D eigenvalue weighted by Gasteiger charge is 2.34. The van der Waals surface area contributed by atoms with E-state index >= 15 is 0 Å². The zero-order chi connectivity index (χ0) is 14.5. The number of aliphatic hydroxyl groups is 1. The molecule has 0 bridgehead atoms. The van der Waals surface area contributed by atoms with E-state index in [2.05, 4.69) is 39.5 Å². The number of hydrogen-bond donors (Lipinski definition) is 1. The van der Waals surface area contributed by atoms with Gasteiger partial charge < -0.3 is 10.0 Å². The first-order chi connectivity index (χ1) is 8.91. The van der Waals surface area contributed by atoms with Gasteiger partial charge in [0.1, 0.15) is 0 Å². The Labute approximate surface area is 120 Å². The van der Waals surface area contributed by atoms with Crippen LogP contribution in [0.5, 0.6) is 0 Å². The van der Waals surface area contributed by atoms with Crippen LogP contribution in [0.1, 0.15) is 66.7 Å². The minimum atomic E-state index is -0.0798. The van der Waals surface area contributed by atoms with Crippen molar-refractivity contribution in [3.63, 3.8) is 0 Å². The third-order valence-corrected chi connectivity index (χ3v) is 5.09. The molecule has 0 aromatic carbocycles. The van der Waals surface area contributed by atoms with Crippen molar-refractivity contribution in [2.45, 2.75) is 72.8 Å². The Hall–Kier alpha value is -0.0800. The van der Waals surface area contributed by atoms with Crippen LogP contribution in [-0.4, -0.2) is 35.7 Å². The van der Waals surface area contributed by atoms with Gasteiger partial charge in [0.2, 0.25) is 0 Å². The van der Waals surface area contributed by atoms with Crippen LogP contribution >= 0.6 is 0 Å². The van der Waals surface area contributed by atoms with Crippen LogP contribution in [0.25, 0.3) is 0 Å². The summed E-state index contributed by atoms with van der Waals surface area (Å²) in [6, 6.07) is 0. The van der Waals surface area contributed by atoms with E-state index in [4.69, 9.17) is 0 Å². The fourth-order valence-corrected chi connectivity index (χ4v) is 3.48. The summed E-state index contributed by atoms with van der Waals surface area (Å²) in [5.74, 6) is 1.28. The topological polar surface area (TPSA) is 23.5 Å². The smallest absolute Gasteiger partial charge is 0.0581 e. The molecule has 2 unspecified atom stereocenters. The van der Waals surface area contributed by atoms with Gasteiger partial charge in [-0.1, -0.05) is 47.5 Å². The lowest BCUT2D eigenvalue weighted by Gasteiger charge is -2.41. The van der Waals surface area contributed by atoms with E-state index < -0.39 is 0 Å². The Morgan fingerprint density at radius 1 is 1.21 bits per heavy atom. The van der Waals surface area contributed by atoms with E-state index in [0.29, 0.717) is 11.3 Å². The zero-order valence-electron chi connectivity index (χ0n) is 13.8. The maximum absolute atomic E-state index is 10.3. The maximum Gasteiger partial charge on any atom is 0.0581 e. The summed E-state index contributed by atoms with van der Waals surface area (Å²) in [6.45, 7) is 14.9. The fourth-order valence-electron chi connectivity index (χ4n) is 3.48. The second-order valence-electron chi connectivity index (χ2n) is 7.27. The predicted octanol–water partition coefficient (Wildman–Crippen LogP) is 3.93. The lowest BCUT2D eigenvalue weighted by Crippen LogP contribution is -2.42. The fraction of sp³-hybridized carbons (Fsp3) is 1.00. The minimum Gasteiger partial charge on any atom is -0.393 e. The van der Waals surface area contributed by atoms with Gasteiger partial charge >= 0.3 is 0 Å². The Balaban J connectivity index is 2.53. The van der Waals surface area contributed by atoms with Gasteiger partial charge in [-0.25, -0.2) is 0 Å². The molecule has 1 N–H and O–H groups in total. The average molecular weight is 269 g/mol. The van der Waals surface area contributed by atoms with Gasteiger partial charge in [0.25, 0.3) is 0 Å². The molecule has 2 atom stereocenters. The lowest BCUT2D eigenvalue weighted by molar-refractivity contribution is 0.00267. The van der Waals surface area contributed by atoms with Crippen LogP contribution in [0.2, 0.25) is 0 Å². The first-order valence-corrected chi connectivity index (χ1v) is 8.32. The molecule has 2 heteroatoms. The molecule has 1 saturated carbocycles. The average Bonchev–Trinajstić information content (AvgIpc) is 2.38. The van der Waals surface area contributed by atoms with Crippen LogP contribution in [0.4, 0.5) is 0 Å². The van der Waals surface area contributed by atoms with Crippen molar-refractivity contribution in [2.24, 2.45) is 17.3 Å². The van der Waals surface area contributed by atoms with Crippen LogP contribution in [0.15, 0.2) is 0 Å². The standard InChI is InChI=1S/C17H35NO/c1-6-14(7-2)12-18(8-3)13-15-11-17(4,5)10-9-16(15)19/h14-16,19H,6-13H2,1-5H3. The number of nitrogens with zero attached hydrogens (tertiary/aromatic N) is 1. The highest BCUT2D eigenvalue weighted by molar-refractivity contribution is 4.86. The monoisotopic (exact) mass is 269 g/mol. The molecule has 1 rings (SSSR count). The third-order valence-electron chi connectivity index (χ3n) is 5.09. The Morgan fingerprint density at radius 3 is 2.37 bits per heavy atom. The summed E-state index contributed by atoms with van der Waals surface area (Å²) in [6.07, 6.45) is 5.79. The van der Waals surface area contributed by atoms with Crippen molar-refractivity contribution >= 4 is 0 Å². The normalized spacial score (nSPS) is 27.2. The van der Waals surface area contributed by atoms with E-state index in [1.165, 1.54) is 32.2 Å². The Kier molecular flexibility index (Phi) is 6.82. The summed E-state index contributed by atoms with van der Waals surface area (Å²) in [4.78, 5) is 2.56.